The van der Waals surface area contributed by atoms with Gasteiger partial charge in [0.15, 0.2) is 0 Å². The average molecular weight is 328 g/mol. The summed E-state index contributed by atoms with van der Waals surface area (Å²) in [6.45, 7) is 4.01. The van der Waals surface area contributed by atoms with Crippen LogP contribution < -0.4 is 10.1 Å². The highest BCUT2D eigenvalue weighted by Gasteiger charge is 2.21. The fraction of sp³-hybridized carbons (Fsp3) is 0.600. The van der Waals surface area contributed by atoms with Crippen LogP contribution in [-0.2, 0) is 4.74 Å². The number of ether oxygens (including phenoxy) is 2. The summed E-state index contributed by atoms with van der Waals surface area (Å²) in [5, 5.41) is 3.55. The molecule has 1 fully saturated rings. The number of rotatable bonds is 6. The van der Waals surface area contributed by atoms with Crippen LogP contribution in [0, 0.1) is 0 Å². The van der Waals surface area contributed by atoms with Crippen molar-refractivity contribution in [1.82, 2.24) is 5.32 Å². The molecule has 2 rings (SSSR count). The normalized spacial score (nSPS) is 20.5. The molecule has 0 radical (unpaired) electrons. The molecule has 0 bridgehead atoms. The Balaban J connectivity index is 2.10. The van der Waals surface area contributed by atoms with Crippen LogP contribution in [-0.4, -0.2) is 26.4 Å². The Kier molecular flexibility index (Phi) is 5.67. The summed E-state index contributed by atoms with van der Waals surface area (Å²) >= 11 is 3.56. The zero-order chi connectivity index (χ0) is 13.7. The van der Waals surface area contributed by atoms with Gasteiger partial charge < -0.3 is 14.8 Å². The van der Waals surface area contributed by atoms with Crippen molar-refractivity contribution in [3.63, 3.8) is 0 Å². The lowest BCUT2D eigenvalue weighted by molar-refractivity contribution is 0.0947. The Morgan fingerprint density at radius 3 is 2.95 bits per heavy atom. The van der Waals surface area contributed by atoms with Gasteiger partial charge >= 0.3 is 0 Å². The van der Waals surface area contributed by atoms with Crippen LogP contribution in [0.15, 0.2) is 22.7 Å². The summed E-state index contributed by atoms with van der Waals surface area (Å²) in [5.41, 5.74) is 1.28. The lowest BCUT2D eigenvalue weighted by Crippen LogP contribution is -2.25. The van der Waals surface area contributed by atoms with E-state index in [-0.39, 0.29) is 0 Å². The molecular weight excluding hydrogens is 306 g/mol. The van der Waals surface area contributed by atoms with E-state index in [1.807, 2.05) is 6.07 Å². The Bertz CT molecular complexity index is 405. The highest BCUT2D eigenvalue weighted by molar-refractivity contribution is 9.10. The molecule has 1 aliphatic heterocycles. The van der Waals surface area contributed by atoms with E-state index in [0.29, 0.717) is 12.1 Å². The van der Waals surface area contributed by atoms with Gasteiger partial charge in [-0.2, -0.15) is 0 Å². The van der Waals surface area contributed by atoms with Gasteiger partial charge in [0.25, 0.3) is 0 Å². The standard InChI is InChI=1S/C15H22BrNO2/c1-3-17-14(10-12-5-4-8-19-12)11-6-7-15(18-2)13(16)9-11/h6-7,9,12,14,17H,3-5,8,10H2,1-2H3. The van der Waals surface area contributed by atoms with Gasteiger partial charge in [0, 0.05) is 12.6 Å². The second-order valence-electron chi connectivity index (χ2n) is 4.87. The van der Waals surface area contributed by atoms with E-state index in [2.05, 4.69) is 40.3 Å². The SMILES string of the molecule is CCNC(CC1CCCO1)c1ccc(OC)c(Br)c1. The topological polar surface area (TPSA) is 30.5 Å². The van der Waals surface area contributed by atoms with Gasteiger partial charge in [-0.25, -0.2) is 0 Å². The number of hydrogen-bond donors (Lipinski definition) is 1. The van der Waals surface area contributed by atoms with E-state index < -0.39 is 0 Å². The van der Waals surface area contributed by atoms with Crippen LogP contribution >= 0.6 is 15.9 Å². The van der Waals surface area contributed by atoms with Crippen molar-refractivity contribution in [3.8, 4) is 5.75 Å². The van der Waals surface area contributed by atoms with Gasteiger partial charge in [0.2, 0.25) is 0 Å². The van der Waals surface area contributed by atoms with E-state index in [0.717, 1.165) is 29.8 Å². The molecule has 0 spiro atoms. The Morgan fingerprint density at radius 1 is 1.53 bits per heavy atom. The molecule has 19 heavy (non-hydrogen) atoms. The second-order valence-corrected chi connectivity index (χ2v) is 5.73. The zero-order valence-corrected chi connectivity index (χ0v) is 13.2. The third kappa shape index (κ3) is 3.94. The number of methoxy groups -OCH3 is 1. The summed E-state index contributed by atoms with van der Waals surface area (Å²) < 4.78 is 12.0. The van der Waals surface area contributed by atoms with Crippen molar-refractivity contribution in [1.29, 1.82) is 0 Å². The minimum atomic E-state index is 0.343. The molecule has 1 aliphatic rings. The molecule has 0 aliphatic carbocycles. The molecule has 4 heteroatoms. The van der Waals surface area contributed by atoms with Gasteiger partial charge in [-0.15, -0.1) is 0 Å². The molecule has 2 unspecified atom stereocenters. The molecule has 2 atom stereocenters. The number of benzene rings is 1. The molecule has 0 saturated carbocycles. The lowest BCUT2D eigenvalue weighted by Gasteiger charge is -2.22. The lowest BCUT2D eigenvalue weighted by atomic mass is 9.99. The first-order valence-electron chi connectivity index (χ1n) is 6.93. The maximum atomic E-state index is 5.75. The van der Waals surface area contributed by atoms with Crippen LogP contribution in [0.1, 0.15) is 37.8 Å². The van der Waals surface area contributed by atoms with Gasteiger partial charge in [0.1, 0.15) is 5.75 Å². The van der Waals surface area contributed by atoms with Crippen molar-refractivity contribution < 1.29 is 9.47 Å². The summed E-state index contributed by atoms with van der Waals surface area (Å²) in [7, 11) is 1.69. The molecular formula is C15H22BrNO2. The second kappa shape index (κ2) is 7.27. The van der Waals surface area contributed by atoms with Gasteiger partial charge in [-0.1, -0.05) is 13.0 Å². The molecule has 1 heterocycles. The maximum Gasteiger partial charge on any atom is 0.133 e. The first-order chi connectivity index (χ1) is 9.24. The fourth-order valence-electron chi connectivity index (χ4n) is 2.58. The van der Waals surface area contributed by atoms with E-state index in [1.165, 1.54) is 18.4 Å². The molecule has 1 aromatic rings. The van der Waals surface area contributed by atoms with Crippen LogP contribution in [0.25, 0.3) is 0 Å². The monoisotopic (exact) mass is 327 g/mol. The third-order valence-corrected chi connectivity index (χ3v) is 4.17. The highest BCUT2D eigenvalue weighted by atomic mass is 79.9. The minimum absolute atomic E-state index is 0.343. The zero-order valence-electron chi connectivity index (χ0n) is 11.6. The van der Waals surface area contributed by atoms with Crippen LogP contribution in [0.2, 0.25) is 0 Å². The molecule has 0 aromatic heterocycles. The quantitative estimate of drug-likeness (QED) is 0.864. The number of nitrogens with one attached hydrogen (secondary N) is 1. The first-order valence-corrected chi connectivity index (χ1v) is 7.72. The number of halogens is 1. The molecule has 3 nitrogen and oxygen atoms in total. The van der Waals surface area contributed by atoms with Crippen molar-refractivity contribution in [2.75, 3.05) is 20.3 Å². The summed E-state index contributed by atoms with van der Waals surface area (Å²) in [6.07, 6.45) is 3.80. The van der Waals surface area contributed by atoms with Crippen molar-refractivity contribution in [2.24, 2.45) is 0 Å². The molecule has 106 valence electrons. The maximum absolute atomic E-state index is 5.75. The Labute approximate surface area is 123 Å². The summed E-state index contributed by atoms with van der Waals surface area (Å²) in [4.78, 5) is 0. The van der Waals surface area contributed by atoms with Crippen molar-refractivity contribution in [2.45, 2.75) is 38.3 Å². The summed E-state index contributed by atoms with van der Waals surface area (Å²) in [5.74, 6) is 0.871. The van der Waals surface area contributed by atoms with Crippen molar-refractivity contribution in [3.05, 3.63) is 28.2 Å². The smallest absolute Gasteiger partial charge is 0.133 e. The Hall–Kier alpha value is -0.580. The molecule has 1 aromatic carbocycles. The van der Waals surface area contributed by atoms with Crippen molar-refractivity contribution >= 4 is 15.9 Å². The predicted molar refractivity (Wildman–Crippen MR) is 80.7 cm³/mol. The van der Waals surface area contributed by atoms with E-state index in [9.17, 15) is 0 Å². The number of hydrogen-bond acceptors (Lipinski definition) is 3. The fourth-order valence-corrected chi connectivity index (χ4v) is 3.13. The first kappa shape index (κ1) is 14.8. The van der Waals surface area contributed by atoms with E-state index in [4.69, 9.17) is 9.47 Å². The average Bonchev–Trinajstić information content (AvgIpc) is 2.91. The third-order valence-electron chi connectivity index (χ3n) is 3.55. The Morgan fingerprint density at radius 2 is 2.37 bits per heavy atom. The van der Waals surface area contributed by atoms with Gasteiger partial charge in [0.05, 0.1) is 17.7 Å². The van der Waals surface area contributed by atoms with E-state index >= 15 is 0 Å². The summed E-state index contributed by atoms with van der Waals surface area (Å²) in [6, 6.07) is 6.63. The highest BCUT2D eigenvalue weighted by Crippen LogP contribution is 2.31. The molecule has 0 amide bonds. The predicted octanol–water partition coefficient (Wildman–Crippen LogP) is 3.68. The largest absolute Gasteiger partial charge is 0.496 e. The minimum Gasteiger partial charge on any atom is -0.496 e. The van der Waals surface area contributed by atoms with Crippen LogP contribution in [0.5, 0.6) is 5.75 Å². The van der Waals surface area contributed by atoms with Crippen LogP contribution in [0.3, 0.4) is 0 Å². The molecule has 1 N–H and O–H groups in total. The van der Waals surface area contributed by atoms with Gasteiger partial charge in [-0.05, 0) is 59.4 Å². The van der Waals surface area contributed by atoms with Crippen LogP contribution in [0.4, 0.5) is 0 Å². The van der Waals surface area contributed by atoms with E-state index in [1.54, 1.807) is 7.11 Å². The van der Waals surface area contributed by atoms with Gasteiger partial charge in [-0.3, -0.25) is 0 Å². The molecule has 1 saturated heterocycles.